The van der Waals surface area contributed by atoms with Crippen molar-refractivity contribution in [2.24, 2.45) is 17.6 Å². The van der Waals surface area contributed by atoms with Crippen LogP contribution in [-0.2, 0) is 20.8 Å². The zero-order chi connectivity index (χ0) is 24.6. The number of benzene rings is 1. The van der Waals surface area contributed by atoms with Gasteiger partial charge in [-0.25, -0.2) is 0 Å². The molecule has 0 aliphatic heterocycles. The first-order valence-electron chi connectivity index (χ1n) is 10.6. The van der Waals surface area contributed by atoms with Crippen molar-refractivity contribution in [3.63, 3.8) is 0 Å². The van der Waals surface area contributed by atoms with E-state index in [1.165, 1.54) is 6.07 Å². The summed E-state index contributed by atoms with van der Waals surface area (Å²) in [7, 11) is 6.92. The van der Waals surface area contributed by atoms with Gasteiger partial charge >= 0.3 is 0 Å². The minimum atomic E-state index is -2.60. The number of aromatic hydroxyl groups is 1. The van der Waals surface area contributed by atoms with Crippen molar-refractivity contribution in [2.45, 2.75) is 24.5 Å². The first-order chi connectivity index (χ1) is 15.3. The number of nitrogens with zero attached hydrogens (tertiary/aromatic N) is 1. The molecule has 184 valence electrons. The van der Waals surface area contributed by atoms with Gasteiger partial charge in [0.05, 0.1) is 25.6 Å². The van der Waals surface area contributed by atoms with E-state index in [-0.39, 0.29) is 42.1 Å². The summed E-state index contributed by atoms with van der Waals surface area (Å²) < 4.78 is 0. The number of anilines is 1. The zero-order valence-electron chi connectivity index (χ0n) is 19.2. The van der Waals surface area contributed by atoms with Gasteiger partial charge in [0, 0.05) is 25.4 Å². The maximum Gasteiger partial charge on any atom is 0.256 e. The third-order valence-electron chi connectivity index (χ3n) is 7.16. The summed E-state index contributed by atoms with van der Waals surface area (Å²) in [5.74, 6) is -6.40. The summed E-state index contributed by atoms with van der Waals surface area (Å²) in [6.07, 6.45) is 0.354. The van der Waals surface area contributed by atoms with E-state index in [1.54, 1.807) is 20.2 Å². The summed E-state index contributed by atoms with van der Waals surface area (Å²) in [4.78, 5) is 41.1. The van der Waals surface area contributed by atoms with E-state index in [0.717, 1.165) is 5.69 Å². The molecule has 0 radical (unpaired) electrons. The van der Waals surface area contributed by atoms with Crippen molar-refractivity contribution in [1.82, 2.24) is 0 Å². The number of fused-ring (bicyclic) bond motifs is 3. The first-order valence-corrected chi connectivity index (χ1v) is 10.6. The standard InChI is InChI=1S/C23H27N3O7.ClH/c1-25(2)12-5-6-13(27)15-10(12)7-9-8-11-17(26(3)4)19(29)16(22(24)32)21(31)23(11,33)20(30)14(9)18(15)28;/h5-6,9,11,17,27-28,31,33H,7-8H2,1-4H3,(H2,24,32);1H/t9-,11-,17-,23-;/m0./s1. The molecule has 1 fully saturated rings. The molecule has 4 atom stereocenters. The molecule has 1 amide bonds. The first kappa shape index (κ1) is 25.5. The summed E-state index contributed by atoms with van der Waals surface area (Å²) in [6, 6.07) is 2.10. The van der Waals surface area contributed by atoms with Gasteiger partial charge in [0.25, 0.3) is 5.91 Å². The smallest absolute Gasteiger partial charge is 0.256 e. The van der Waals surface area contributed by atoms with Crippen LogP contribution in [0.25, 0.3) is 5.76 Å². The summed E-state index contributed by atoms with van der Waals surface area (Å²) >= 11 is 0. The second-order valence-corrected chi connectivity index (χ2v) is 9.46. The highest BCUT2D eigenvalue weighted by Crippen LogP contribution is 2.52. The van der Waals surface area contributed by atoms with Gasteiger partial charge in [0.15, 0.2) is 11.6 Å². The van der Waals surface area contributed by atoms with E-state index in [1.807, 2.05) is 19.0 Å². The molecule has 0 unspecified atom stereocenters. The third kappa shape index (κ3) is 3.20. The van der Waals surface area contributed by atoms with Crippen LogP contribution >= 0.6 is 0 Å². The maximum atomic E-state index is 13.7. The van der Waals surface area contributed by atoms with Crippen LogP contribution in [0.3, 0.4) is 0 Å². The molecule has 1 aromatic rings. The highest BCUT2D eigenvalue weighted by atomic mass is 35.5. The Bertz CT molecular complexity index is 1170. The molecule has 0 aromatic heterocycles. The third-order valence-corrected chi connectivity index (χ3v) is 7.16. The molecule has 34 heavy (non-hydrogen) atoms. The zero-order valence-corrected chi connectivity index (χ0v) is 20.0. The Labute approximate surface area is 202 Å². The van der Waals surface area contributed by atoms with Crippen molar-refractivity contribution in [3.8, 4) is 5.75 Å². The van der Waals surface area contributed by atoms with E-state index < -0.39 is 58.0 Å². The minimum Gasteiger partial charge on any atom is -1.00 e. The fourth-order valence-corrected chi connectivity index (χ4v) is 5.74. The molecule has 0 saturated heterocycles. The van der Waals surface area contributed by atoms with Crippen molar-refractivity contribution in [1.29, 1.82) is 0 Å². The van der Waals surface area contributed by atoms with Crippen LogP contribution in [0.2, 0.25) is 0 Å². The second-order valence-electron chi connectivity index (χ2n) is 9.46. The van der Waals surface area contributed by atoms with Gasteiger partial charge in [-0.1, -0.05) is 0 Å². The second kappa shape index (κ2) is 8.30. The Morgan fingerprint density at radius 2 is 1.79 bits per heavy atom. The molecular weight excluding hydrogens is 466 g/mol. The quantitative estimate of drug-likeness (QED) is 0.230. The van der Waals surface area contributed by atoms with E-state index in [9.17, 15) is 34.8 Å². The van der Waals surface area contributed by atoms with Crippen LogP contribution in [0.15, 0.2) is 29.0 Å². The number of hydrogen-bond acceptors (Lipinski definition) is 8. The van der Waals surface area contributed by atoms with Gasteiger partial charge in [-0.3, -0.25) is 14.4 Å². The Kier molecular flexibility index (Phi) is 6.23. The molecule has 4 rings (SSSR count). The number of quaternary nitrogens is 1. The average molecular weight is 494 g/mol. The predicted molar refractivity (Wildman–Crippen MR) is 118 cm³/mol. The Hall–Kier alpha value is -3.08. The van der Waals surface area contributed by atoms with Gasteiger partial charge in [-0.05, 0) is 36.5 Å². The van der Waals surface area contributed by atoms with Crippen LogP contribution in [0.1, 0.15) is 17.5 Å². The number of primary amides is 1. The van der Waals surface area contributed by atoms with Crippen LogP contribution in [0, 0.1) is 11.8 Å². The highest BCUT2D eigenvalue weighted by Gasteiger charge is 2.65. The van der Waals surface area contributed by atoms with Crippen molar-refractivity contribution < 1.29 is 52.1 Å². The molecule has 0 spiro atoms. The average Bonchev–Trinajstić information content (AvgIpc) is 2.70. The molecule has 3 aliphatic carbocycles. The van der Waals surface area contributed by atoms with E-state index in [2.05, 4.69) is 0 Å². The maximum absolute atomic E-state index is 13.7. The number of ketones is 2. The number of rotatable bonds is 3. The summed E-state index contributed by atoms with van der Waals surface area (Å²) in [5.41, 5.74) is 3.23. The number of phenolic OH excluding ortho intramolecular Hbond substituents is 1. The fraction of sp³-hybridized carbons (Fsp3) is 0.435. The number of carbonyl (C=O) groups is 3. The van der Waals surface area contributed by atoms with E-state index in [0.29, 0.717) is 10.5 Å². The lowest BCUT2D eigenvalue weighted by atomic mass is 9.57. The van der Waals surface area contributed by atoms with Crippen molar-refractivity contribution in [2.75, 3.05) is 33.1 Å². The number of aliphatic hydroxyl groups is 3. The molecule has 0 heterocycles. The van der Waals surface area contributed by atoms with Crippen molar-refractivity contribution in [3.05, 3.63) is 40.2 Å². The normalized spacial score (nSPS) is 28.2. The topological polar surface area (TPSA) is 166 Å². The van der Waals surface area contributed by atoms with Crippen molar-refractivity contribution >= 4 is 28.9 Å². The van der Waals surface area contributed by atoms with Crippen LogP contribution in [0.4, 0.5) is 5.69 Å². The number of carbonyl (C=O) groups excluding carboxylic acids is 3. The minimum absolute atomic E-state index is 0. The number of amides is 1. The monoisotopic (exact) mass is 493 g/mol. The van der Waals surface area contributed by atoms with E-state index in [4.69, 9.17) is 5.73 Å². The number of nitrogens with two attached hydrogens (primary N) is 1. The van der Waals surface area contributed by atoms with Gasteiger partial charge < -0.3 is 48.4 Å². The number of phenols is 1. The molecular formula is C23H28ClN3O7. The van der Waals surface area contributed by atoms with Crippen LogP contribution < -0.4 is 27.9 Å². The SMILES string of the molecule is CN(C)c1ccc(O)c2c1C[C@H]1C[C@H]3[C@H]([NH+](C)C)C(=O)C(C(N)=O)=C(O)[C@@]3(O)C(=O)C1=C2O.[Cl-]. The van der Waals surface area contributed by atoms with Gasteiger partial charge in [-0.2, -0.15) is 0 Å². The van der Waals surface area contributed by atoms with Gasteiger partial charge in [0.2, 0.25) is 11.6 Å². The number of likely N-dealkylation sites (N-methyl/N-ethyl adjacent to an activating group) is 1. The Morgan fingerprint density at radius 1 is 1.18 bits per heavy atom. The molecule has 3 aliphatic rings. The Morgan fingerprint density at radius 3 is 2.32 bits per heavy atom. The fourth-order valence-electron chi connectivity index (χ4n) is 5.74. The molecule has 11 heteroatoms. The lowest BCUT2D eigenvalue weighted by Gasteiger charge is -2.48. The summed E-state index contributed by atoms with van der Waals surface area (Å²) in [5, 5.41) is 43.9. The molecule has 10 nitrogen and oxygen atoms in total. The highest BCUT2D eigenvalue weighted by molar-refractivity contribution is 6.24. The number of halogens is 1. The number of aliphatic hydroxyl groups excluding tert-OH is 2. The lowest BCUT2D eigenvalue weighted by molar-refractivity contribution is -0.880. The number of nitrogens with one attached hydrogen (secondary N) is 1. The molecule has 0 bridgehead atoms. The van der Waals surface area contributed by atoms with Crippen LogP contribution in [0.5, 0.6) is 5.75 Å². The number of hydrogen-bond donors (Lipinski definition) is 6. The van der Waals surface area contributed by atoms with Gasteiger partial charge in [-0.15, -0.1) is 0 Å². The lowest BCUT2D eigenvalue weighted by Crippen LogP contribution is -3.13. The molecule has 7 N–H and O–H groups in total. The summed E-state index contributed by atoms with van der Waals surface area (Å²) in [6.45, 7) is 0. The molecule has 1 saturated carbocycles. The Balaban J connectivity index is 0.00000324. The van der Waals surface area contributed by atoms with Gasteiger partial charge in [0.1, 0.15) is 22.8 Å². The molecule has 1 aromatic carbocycles. The van der Waals surface area contributed by atoms with E-state index >= 15 is 0 Å². The van der Waals surface area contributed by atoms with Crippen LogP contribution in [-0.4, -0.2) is 77.7 Å². The predicted octanol–water partition coefficient (Wildman–Crippen LogP) is -4.38. The largest absolute Gasteiger partial charge is 1.00 e. The number of Topliss-reactive ketones (excluding diaryl/α,β-unsaturated/α-hetero) is 2.